The number of nitrogens with zero attached hydrogens (tertiary/aromatic N) is 2. The zero-order valence-corrected chi connectivity index (χ0v) is 17.9. The SMILES string of the molecule is CC(C)CC(=O)NC(C(=O)NCc1ccc(N2CCCCC2)nc1)c1ccccc1. The topological polar surface area (TPSA) is 74.3 Å². The minimum absolute atomic E-state index is 0.124. The molecule has 2 heterocycles. The van der Waals surface area contributed by atoms with E-state index >= 15 is 0 Å². The summed E-state index contributed by atoms with van der Waals surface area (Å²) in [5.41, 5.74) is 1.70. The van der Waals surface area contributed by atoms with E-state index in [1.165, 1.54) is 19.3 Å². The standard InChI is InChI=1S/C24H32N4O2/c1-18(2)15-22(29)27-23(20-9-5-3-6-10-20)24(30)26-17-19-11-12-21(25-16-19)28-13-7-4-8-14-28/h3,5-6,9-12,16,18,23H,4,7-8,13-15,17H2,1-2H3,(H,26,30)(H,27,29). The number of carbonyl (C=O) groups is 2. The first kappa shape index (κ1) is 21.8. The molecule has 1 unspecified atom stereocenters. The van der Waals surface area contributed by atoms with E-state index in [0.29, 0.717) is 13.0 Å². The van der Waals surface area contributed by atoms with Gasteiger partial charge in [-0.1, -0.05) is 50.2 Å². The van der Waals surface area contributed by atoms with Gasteiger partial charge < -0.3 is 15.5 Å². The Kier molecular flexibility index (Phi) is 7.82. The molecule has 2 amide bonds. The number of anilines is 1. The van der Waals surface area contributed by atoms with Crippen molar-refractivity contribution in [2.24, 2.45) is 5.92 Å². The third kappa shape index (κ3) is 6.31. The highest BCUT2D eigenvalue weighted by atomic mass is 16.2. The van der Waals surface area contributed by atoms with Crippen LogP contribution in [-0.2, 0) is 16.1 Å². The summed E-state index contributed by atoms with van der Waals surface area (Å²) >= 11 is 0. The van der Waals surface area contributed by atoms with Crippen LogP contribution in [0.15, 0.2) is 48.7 Å². The van der Waals surface area contributed by atoms with Crippen LogP contribution in [0, 0.1) is 5.92 Å². The lowest BCUT2D eigenvalue weighted by atomic mass is 10.0. The van der Waals surface area contributed by atoms with Gasteiger partial charge in [0, 0.05) is 32.3 Å². The smallest absolute Gasteiger partial charge is 0.247 e. The Morgan fingerprint density at radius 3 is 2.40 bits per heavy atom. The van der Waals surface area contributed by atoms with Crippen LogP contribution in [0.2, 0.25) is 0 Å². The molecular weight excluding hydrogens is 376 g/mol. The van der Waals surface area contributed by atoms with E-state index in [2.05, 4.69) is 20.5 Å². The van der Waals surface area contributed by atoms with Crippen LogP contribution < -0.4 is 15.5 Å². The van der Waals surface area contributed by atoms with Crippen LogP contribution in [0.25, 0.3) is 0 Å². The number of hydrogen-bond acceptors (Lipinski definition) is 4. The minimum atomic E-state index is -0.710. The quantitative estimate of drug-likeness (QED) is 0.700. The van der Waals surface area contributed by atoms with E-state index < -0.39 is 6.04 Å². The van der Waals surface area contributed by atoms with Crippen molar-refractivity contribution in [3.63, 3.8) is 0 Å². The van der Waals surface area contributed by atoms with Gasteiger partial charge in [0.25, 0.3) is 0 Å². The van der Waals surface area contributed by atoms with Crippen LogP contribution in [0.4, 0.5) is 5.82 Å². The Labute approximate surface area is 179 Å². The van der Waals surface area contributed by atoms with Crippen molar-refractivity contribution in [2.45, 2.75) is 52.1 Å². The van der Waals surface area contributed by atoms with E-state index in [0.717, 1.165) is 30.0 Å². The third-order valence-corrected chi connectivity index (χ3v) is 5.25. The molecule has 0 spiro atoms. The Bertz CT molecular complexity index is 815. The van der Waals surface area contributed by atoms with Crippen LogP contribution in [0.1, 0.15) is 56.7 Å². The summed E-state index contributed by atoms with van der Waals surface area (Å²) < 4.78 is 0. The van der Waals surface area contributed by atoms with Crippen molar-refractivity contribution in [1.82, 2.24) is 15.6 Å². The van der Waals surface area contributed by atoms with E-state index in [-0.39, 0.29) is 17.7 Å². The van der Waals surface area contributed by atoms with Crippen molar-refractivity contribution in [2.75, 3.05) is 18.0 Å². The first-order valence-electron chi connectivity index (χ1n) is 10.8. The van der Waals surface area contributed by atoms with Crippen molar-refractivity contribution >= 4 is 17.6 Å². The van der Waals surface area contributed by atoms with Gasteiger partial charge >= 0.3 is 0 Å². The normalized spacial score (nSPS) is 15.0. The molecule has 1 saturated heterocycles. The van der Waals surface area contributed by atoms with Gasteiger partial charge in [0.05, 0.1) is 0 Å². The highest BCUT2D eigenvalue weighted by Crippen LogP contribution is 2.18. The minimum Gasteiger partial charge on any atom is -0.357 e. The lowest BCUT2D eigenvalue weighted by Crippen LogP contribution is -2.40. The maximum atomic E-state index is 12.9. The lowest BCUT2D eigenvalue weighted by Gasteiger charge is -2.27. The Morgan fingerprint density at radius 1 is 1.03 bits per heavy atom. The second-order valence-corrected chi connectivity index (χ2v) is 8.30. The number of piperidine rings is 1. The first-order valence-corrected chi connectivity index (χ1v) is 10.8. The Hall–Kier alpha value is -2.89. The van der Waals surface area contributed by atoms with Crippen molar-refractivity contribution in [1.29, 1.82) is 0 Å². The van der Waals surface area contributed by atoms with Gasteiger partial charge in [-0.25, -0.2) is 4.98 Å². The lowest BCUT2D eigenvalue weighted by molar-refractivity contribution is -0.129. The maximum Gasteiger partial charge on any atom is 0.247 e. The summed E-state index contributed by atoms with van der Waals surface area (Å²) in [6, 6.07) is 12.7. The molecule has 1 aliphatic rings. The molecule has 0 aliphatic carbocycles. The van der Waals surface area contributed by atoms with Gasteiger partial charge in [-0.3, -0.25) is 9.59 Å². The number of rotatable bonds is 8. The van der Waals surface area contributed by atoms with Crippen LogP contribution >= 0.6 is 0 Å². The number of carbonyl (C=O) groups excluding carboxylic acids is 2. The number of aromatic nitrogens is 1. The molecule has 0 radical (unpaired) electrons. The average Bonchev–Trinajstić information content (AvgIpc) is 2.77. The molecule has 1 aromatic heterocycles. The zero-order chi connectivity index (χ0) is 21.3. The maximum absolute atomic E-state index is 12.9. The highest BCUT2D eigenvalue weighted by molar-refractivity contribution is 5.88. The number of benzene rings is 1. The molecule has 0 saturated carbocycles. The predicted octanol–water partition coefficient (Wildman–Crippen LogP) is 3.59. The van der Waals surface area contributed by atoms with E-state index in [1.54, 1.807) is 0 Å². The molecule has 2 aromatic rings. The summed E-state index contributed by atoms with van der Waals surface area (Å²) in [5.74, 6) is 0.877. The summed E-state index contributed by atoms with van der Waals surface area (Å²) in [6.07, 6.45) is 5.92. The summed E-state index contributed by atoms with van der Waals surface area (Å²) in [4.78, 5) is 32.1. The van der Waals surface area contributed by atoms with Gasteiger partial charge in [0.2, 0.25) is 11.8 Å². The molecule has 30 heavy (non-hydrogen) atoms. The molecule has 3 rings (SSSR count). The number of hydrogen-bond donors (Lipinski definition) is 2. The fourth-order valence-electron chi connectivity index (χ4n) is 3.66. The molecule has 160 valence electrons. The first-order chi connectivity index (χ1) is 14.5. The van der Waals surface area contributed by atoms with E-state index in [1.807, 2.05) is 62.5 Å². The van der Waals surface area contributed by atoms with Gasteiger partial charge in [-0.05, 0) is 42.4 Å². The molecule has 6 heteroatoms. The zero-order valence-electron chi connectivity index (χ0n) is 17.9. The second-order valence-electron chi connectivity index (χ2n) is 8.30. The Morgan fingerprint density at radius 2 is 1.77 bits per heavy atom. The molecule has 6 nitrogen and oxygen atoms in total. The van der Waals surface area contributed by atoms with Gasteiger partial charge in [-0.15, -0.1) is 0 Å². The number of amides is 2. The van der Waals surface area contributed by atoms with Gasteiger partial charge in [-0.2, -0.15) is 0 Å². The van der Waals surface area contributed by atoms with E-state index in [9.17, 15) is 9.59 Å². The fraction of sp³-hybridized carbons (Fsp3) is 0.458. The second kappa shape index (κ2) is 10.8. The van der Waals surface area contributed by atoms with Crippen molar-refractivity contribution in [3.8, 4) is 0 Å². The van der Waals surface area contributed by atoms with Gasteiger partial charge in [0.1, 0.15) is 11.9 Å². The Balaban J connectivity index is 1.61. The van der Waals surface area contributed by atoms with Crippen LogP contribution in [0.3, 0.4) is 0 Å². The highest BCUT2D eigenvalue weighted by Gasteiger charge is 2.22. The molecule has 0 bridgehead atoms. The molecular formula is C24H32N4O2. The molecule has 2 N–H and O–H groups in total. The van der Waals surface area contributed by atoms with E-state index in [4.69, 9.17) is 0 Å². The van der Waals surface area contributed by atoms with Gasteiger partial charge in [0.15, 0.2) is 0 Å². The number of pyridine rings is 1. The fourth-order valence-corrected chi connectivity index (χ4v) is 3.66. The van der Waals surface area contributed by atoms with Crippen LogP contribution in [-0.4, -0.2) is 29.9 Å². The van der Waals surface area contributed by atoms with Crippen LogP contribution in [0.5, 0.6) is 0 Å². The average molecular weight is 409 g/mol. The summed E-state index contributed by atoms with van der Waals surface area (Å²) in [5, 5.41) is 5.83. The van der Waals surface area contributed by atoms with Crippen molar-refractivity contribution < 1.29 is 9.59 Å². The molecule has 1 aliphatic heterocycles. The van der Waals surface area contributed by atoms with Crippen molar-refractivity contribution in [3.05, 3.63) is 59.8 Å². The molecule has 1 aromatic carbocycles. The molecule has 1 fully saturated rings. The number of nitrogens with one attached hydrogen (secondary N) is 2. The third-order valence-electron chi connectivity index (χ3n) is 5.25. The molecule has 1 atom stereocenters. The predicted molar refractivity (Wildman–Crippen MR) is 119 cm³/mol. The summed E-state index contributed by atoms with van der Waals surface area (Å²) in [7, 11) is 0. The monoisotopic (exact) mass is 408 g/mol. The largest absolute Gasteiger partial charge is 0.357 e. The summed E-state index contributed by atoms with van der Waals surface area (Å²) in [6.45, 7) is 6.45.